The lowest BCUT2D eigenvalue weighted by atomic mass is 10.1. The van der Waals surface area contributed by atoms with Crippen molar-refractivity contribution in [3.05, 3.63) is 28.7 Å². The summed E-state index contributed by atoms with van der Waals surface area (Å²) >= 11 is 4.90. The van der Waals surface area contributed by atoms with Crippen molar-refractivity contribution in [2.75, 3.05) is 18.8 Å². The Bertz CT molecular complexity index is 495. The van der Waals surface area contributed by atoms with Gasteiger partial charge in [-0.05, 0) is 24.6 Å². The normalized spacial score (nSPS) is 18.6. The minimum atomic E-state index is -0.310. The number of hydrogen-bond donors (Lipinski definition) is 1. The van der Waals surface area contributed by atoms with Crippen LogP contribution in [0.15, 0.2) is 33.6 Å². The number of carbonyl (C=O) groups is 2. The molecule has 1 aliphatic heterocycles. The number of thioether (sulfide) groups is 1. The van der Waals surface area contributed by atoms with E-state index in [-0.39, 0.29) is 17.7 Å². The van der Waals surface area contributed by atoms with E-state index in [1.165, 1.54) is 11.8 Å². The molecule has 1 fully saturated rings. The molecule has 0 radical (unpaired) electrons. The molecule has 1 atom stereocenters. The number of amides is 2. The van der Waals surface area contributed by atoms with Gasteiger partial charge in [0, 0.05) is 22.5 Å². The van der Waals surface area contributed by atoms with Gasteiger partial charge in [0.15, 0.2) is 0 Å². The molecule has 2 amide bonds. The number of carbonyl (C=O) groups excluding carboxylic acids is 2. The van der Waals surface area contributed by atoms with Crippen LogP contribution >= 0.6 is 27.7 Å². The summed E-state index contributed by atoms with van der Waals surface area (Å²) < 4.78 is 1.000. The molecular formula is C13H15BrN2O2S. The second kappa shape index (κ2) is 6.43. The fraction of sp³-hybridized carbons (Fsp3) is 0.385. The molecule has 0 spiro atoms. The second-order valence-electron chi connectivity index (χ2n) is 4.47. The number of benzene rings is 1. The lowest BCUT2D eigenvalue weighted by molar-refractivity contribution is -0.127. The lowest BCUT2D eigenvalue weighted by Gasteiger charge is -2.15. The summed E-state index contributed by atoms with van der Waals surface area (Å²) in [6.07, 6.45) is 0.683. The van der Waals surface area contributed by atoms with Gasteiger partial charge in [0.2, 0.25) is 11.8 Å². The van der Waals surface area contributed by atoms with Crippen LogP contribution in [-0.2, 0) is 9.59 Å². The van der Waals surface area contributed by atoms with Crippen molar-refractivity contribution in [1.82, 2.24) is 4.90 Å². The minimum absolute atomic E-state index is 0.0636. The molecule has 1 unspecified atom stereocenters. The van der Waals surface area contributed by atoms with Gasteiger partial charge in [0.25, 0.3) is 0 Å². The molecule has 0 aromatic heterocycles. The highest BCUT2D eigenvalue weighted by Gasteiger charge is 2.29. The molecule has 0 aliphatic carbocycles. The Morgan fingerprint density at radius 1 is 1.47 bits per heavy atom. The summed E-state index contributed by atoms with van der Waals surface area (Å²) in [6, 6.07) is 7.84. The van der Waals surface area contributed by atoms with Crippen molar-refractivity contribution in [3.63, 3.8) is 0 Å². The first-order chi connectivity index (χ1) is 9.06. The molecule has 2 N–H and O–H groups in total. The van der Waals surface area contributed by atoms with E-state index in [2.05, 4.69) is 15.9 Å². The molecule has 102 valence electrons. The summed E-state index contributed by atoms with van der Waals surface area (Å²) in [7, 11) is 0. The first-order valence-electron chi connectivity index (χ1n) is 6.01. The quantitative estimate of drug-likeness (QED) is 0.849. The molecule has 1 heterocycles. The zero-order chi connectivity index (χ0) is 13.8. The molecule has 0 saturated carbocycles. The SMILES string of the molecule is NC(=O)C1CCN(C(=O)CSc2cccc(Br)c2)C1. The Labute approximate surface area is 124 Å². The highest BCUT2D eigenvalue weighted by molar-refractivity contribution is 9.10. The smallest absolute Gasteiger partial charge is 0.232 e. The zero-order valence-corrected chi connectivity index (χ0v) is 12.7. The standard InChI is InChI=1S/C13H15BrN2O2S/c14-10-2-1-3-11(6-10)19-8-12(17)16-5-4-9(7-16)13(15)18/h1-3,6,9H,4-5,7-8H2,(H2,15,18). The Kier molecular flexibility index (Phi) is 4.87. The van der Waals surface area contributed by atoms with E-state index in [4.69, 9.17) is 5.73 Å². The minimum Gasteiger partial charge on any atom is -0.369 e. The van der Waals surface area contributed by atoms with Crippen molar-refractivity contribution in [2.45, 2.75) is 11.3 Å². The van der Waals surface area contributed by atoms with E-state index >= 15 is 0 Å². The monoisotopic (exact) mass is 342 g/mol. The van der Waals surface area contributed by atoms with Crippen LogP contribution in [0.4, 0.5) is 0 Å². The van der Waals surface area contributed by atoms with Crippen LogP contribution in [-0.4, -0.2) is 35.6 Å². The Balaban J connectivity index is 1.84. The molecule has 4 nitrogen and oxygen atoms in total. The van der Waals surface area contributed by atoms with E-state index in [1.807, 2.05) is 24.3 Å². The van der Waals surface area contributed by atoms with Crippen LogP contribution in [0.2, 0.25) is 0 Å². The third-order valence-corrected chi connectivity index (χ3v) is 4.57. The van der Waals surface area contributed by atoms with Crippen LogP contribution in [0.1, 0.15) is 6.42 Å². The van der Waals surface area contributed by atoms with E-state index in [0.717, 1.165) is 9.37 Å². The van der Waals surface area contributed by atoms with Gasteiger partial charge in [-0.2, -0.15) is 0 Å². The van der Waals surface area contributed by atoms with Gasteiger partial charge in [-0.25, -0.2) is 0 Å². The van der Waals surface area contributed by atoms with Crippen LogP contribution in [0.3, 0.4) is 0 Å². The van der Waals surface area contributed by atoms with E-state index < -0.39 is 0 Å². The second-order valence-corrected chi connectivity index (χ2v) is 6.44. The number of nitrogens with zero attached hydrogens (tertiary/aromatic N) is 1. The highest BCUT2D eigenvalue weighted by atomic mass is 79.9. The molecule has 19 heavy (non-hydrogen) atoms. The number of rotatable bonds is 4. The number of primary amides is 1. The van der Waals surface area contributed by atoms with E-state index in [1.54, 1.807) is 4.90 Å². The van der Waals surface area contributed by atoms with Crippen molar-refractivity contribution in [1.29, 1.82) is 0 Å². The lowest BCUT2D eigenvalue weighted by Crippen LogP contribution is -2.32. The maximum Gasteiger partial charge on any atom is 0.232 e. The predicted octanol–water partition coefficient (Wildman–Crippen LogP) is 1.87. The van der Waals surface area contributed by atoms with Crippen molar-refractivity contribution < 1.29 is 9.59 Å². The zero-order valence-electron chi connectivity index (χ0n) is 10.3. The van der Waals surface area contributed by atoms with Gasteiger partial charge in [0.05, 0.1) is 11.7 Å². The van der Waals surface area contributed by atoms with Crippen LogP contribution in [0, 0.1) is 5.92 Å². The third kappa shape index (κ3) is 3.98. The van der Waals surface area contributed by atoms with E-state index in [9.17, 15) is 9.59 Å². The Hall–Kier alpha value is -1.01. The van der Waals surface area contributed by atoms with Crippen LogP contribution < -0.4 is 5.73 Å². The van der Waals surface area contributed by atoms with Gasteiger partial charge in [0.1, 0.15) is 0 Å². The Morgan fingerprint density at radius 2 is 2.26 bits per heavy atom. The molecule has 6 heteroatoms. The first kappa shape index (κ1) is 14.4. The fourth-order valence-corrected chi connectivity index (χ4v) is 3.42. The Morgan fingerprint density at radius 3 is 2.89 bits per heavy atom. The topological polar surface area (TPSA) is 63.4 Å². The molecular weight excluding hydrogens is 328 g/mol. The summed E-state index contributed by atoms with van der Waals surface area (Å²) in [6.45, 7) is 1.10. The highest BCUT2D eigenvalue weighted by Crippen LogP contribution is 2.23. The summed E-state index contributed by atoms with van der Waals surface area (Å²) in [5.41, 5.74) is 5.25. The summed E-state index contributed by atoms with van der Waals surface area (Å²) in [4.78, 5) is 25.8. The number of hydrogen-bond acceptors (Lipinski definition) is 3. The van der Waals surface area contributed by atoms with Crippen LogP contribution in [0.25, 0.3) is 0 Å². The van der Waals surface area contributed by atoms with Crippen molar-refractivity contribution in [2.24, 2.45) is 11.7 Å². The van der Waals surface area contributed by atoms with Gasteiger partial charge in [-0.3, -0.25) is 9.59 Å². The van der Waals surface area contributed by atoms with Gasteiger partial charge < -0.3 is 10.6 Å². The number of nitrogens with two attached hydrogens (primary N) is 1. The van der Waals surface area contributed by atoms with Crippen LogP contribution in [0.5, 0.6) is 0 Å². The summed E-state index contributed by atoms with van der Waals surface area (Å²) in [5, 5.41) is 0. The molecule has 1 aromatic rings. The average Bonchev–Trinajstić information content (AvgIpc) is 2.86. The predicted molar refractivity (Wildman–Crippen MR) is 78.7 cm³/mol. The molecule has 0 bridgehead atoms. The molecule has 1 aliphatic rings. The number of halogens is 1. The largest absolute Gasteiger partial charge is 0.369 e. The first-order valence-corrected chi connectivity index (χ1v) is 7.79. The van der Waals surface area contributed by atoms with Crippen molar-refractivity contribution in [3.8, 4) is 0 Å². The van der Waals surface area contributed by atoms with Gasteiger partial charge >= 0.3 is 0 Å². The van der Waals surface area contributed by atoms with Gasteiger partial charge in [-0.15, -0.1) is 11.8 Å². The molecule has 2 rings (SSSR count). The maximum atomic E-state index is 12.0. The third-order valence-electron chi connectivity index (χ3n) is 3.10. The van der Waals surface area contributed by atoms with Gasteiger partial charge in [-0.1, -0.05) is 22.0 Å². The summed E-state index contributed by atoms with van der Waals surface area (Å²) in [5.74, 6) is -0.0365. The number of likely N-dealkylation sites (tertiary alicyclic amines) is 1. The van der Waals surface area contributed by atoms with Crippen molar-refractivity contribution >= 4 is 39.5 Å². The molecule has 1 saturated heterocycles. The molecule has 1 aromatic carbocycles. The maximum absolute atomic E-state index is 12.0. The van der Waals surface area contributed by atoms with E-state index in [0.29, 0.717) is 25.3 Å². The average molecular weight is 343 g/mol. The fourth-order valence-electron chi connectivity index (χ4n) is 2.01.